The van der Waals surface area contributed by atoms with Crippen molar-refractivity contribution in [1.82, 2.24) is 20.5 Å². The van der Waals surface area contributed by atoms with E-state index >= 15 is 0 Å². The van der Waals surface area contributed by atoms with Gasteiger partial charge in [0.25, 0.3) is 0 Å². The van der Waals surface area contributed by atoms with Gasteiger partial charge in [0.05, 0.1) is 25.1 Å². The minimum absolute atomic E-state index is 0.00954. The number of allylic oxidation sites excluding steroid dienone is 1. The Labute approximate surface area is 230 Å². The van der Waals surface area contributed by atoms with Crippen LogP contribution in [0.5, 0.6) is 0 Å². The van der Waals surface area contributed by atoms with E-state index in [0.717, 1.165) is 11.3 Å². The minimum Gasteiger partial charge on any atom is -0.461 e. The van der Waals surface area contributed by atoms with Gasteiger partial charge in [0.2, 0.25) is 22.6 Å². The predicted octanol–water partition coefficient (Wildman–Crippen LogP) is 2.53. The summed E-state index contributed by atoms with van der Waals surface area (Å²) in [6, 6.07) is -0.136. The quantitative estimate of drug-likeness (QED) is 0.189. The smallest absolute Gasteiger partial charge is 0.414 e. The van der Waals surface area contributed by atoms with E-state index in [1.54, 1.807) is 27.7 Å². The van der Waals surface area contributed by atoms with Crippen molar-refractivity contribution < 1.29 is 38.2 Å². The fourth-order valence-electron chi connectivity index (χ4n) is 4.00. The van der Waals surface area contributed by atoms with E-state index in [0.29, 0.717) is 31.4 Å². The van der Waals surface area contributed by atoms with Gasteiger partial charge in [-0.2, -0.15) is 0 Å². The van der Waals surface area contributed by atoms with E-state index in [9.17, 15) is 28.8 Å². The largest absolute Gasteiger partial charge is 0.461 e. The average molecular weight is 563 g/mol. The molecule has 1 aliphatic carbocycles. The molecular weight excluding hydrogens is 528 g/mol. The molecule has 0 spiro atoms. The molecule has 1 atom stereocenters. The number of Topliss-reactive ketones (excluding diaryl/α,β-unsaturated/α-hetero) is 2. The molecule has 3 rings (SSSR count). The summed E-state index contributed by atoms with van der Waals surface area (Å²) < 4.78 is 10.3. The van der Waals surface area contributed by atoms with Gasteiger partial charge in [-0.1, -0.05) is 0 Å². The fourth-order valence-corrected chi connectivity index (χ4v) is 4.71. The third-order valence-electron chi connectivity index (χ3n) is 6.11. The van der Waals surface area contributed by atoms with E-state index in [-0.39, 0.29) is 23.4 Å². The van der Waals surface area contributed by atoms with Crippen LogP contribution in [0.15, 0.2) is 17.2 Å². The molecule has 212 valence electrons. The molecule has 0 bridgehead atoms. The zero-order valence-electron chi connectivity index (χ0n) is 22.8. The third kappa shape index (κ3) is 7.94. The Bertz CT molecular complexity index is 1190. The molecule has 0 radical (unpaired) electrons. The molecule has 0 unspecified atom stereocenters. The van der Waals surface area contributed by atoms with Gasteiger partial charge in [0, 0.05) is 23.2 Å². The first kappa shape index (κ1) is 29.9. The van der Waals surface area contributed by atoms with Crippen molar-refractivity contribution in [3.8, 4) is 0 Å². The molecule has 0 aromatic carbocycles. The minimum atomic E-state index is -1.15. The summed E-state index contributed by atoms with van der Waals surface area (Å²) >= 11 is 0.956. The number of thiazole rings is 1. The molecule has 13 heteroatoms. The highest BCUT2D eigenvalue weighted by Gasteiger charge is 2.51. The number of amides is 3. The summed E-state index contributed by atoms with van der Waals surface area (Å²) in [5, 5.41) is 6.50. The van der Waals surface area contributed by atoms with Crippen molar-refractivity contribution in [2.75, 3.05) is 13.2 Å². The predicted molar refractivity (Wildman–Crippen MR) is 140 cm³/mol. The van der Waals surface area contributed by atoms with Crippen molar-refractivity contribution in [2.45, 2.75) is 83.9 Å². The Hall–Kier alpha value is -3.61. The van der Waals surface area contributed by atoms with Gasteiger partial charge in [-0.15, -0.1) is 11.3 Å². The van der Waals surface area contributed by atoms with E-state index in [1.165, 1.54) is 16.4 Å². The maximum Gasteiger partial charge on any atom is 0.414 e. The van der Waals surface area contributed by atoms with Crippen LogP contribution in [0.2, 0.25) is 0 Å². The zero-order valence-corrected chi connectivity index (χ0v) is 23.6. The van der Waals surface area contributed by atoms with Crippen molar-refractivity contribution in [3.05, 3.63) is 27.9 Å². The summed E-state index contributed by atoms with van der Waals surface area (Å²) in [6.07, 6.45) is 2.19. The van der Waals surface area contributed by atoms with Gasteiger partial charge < -0.3 is 20.1 Å². The number of nitrogens with zero attached hydrogens (tertiary/aromatic N) is 2. The molecule has 2 heterocycles. The lowest BCUT2D eigenvalue weighted by Gasteiger charge is -2.28. The average Bonchev–Trinajstić information content (AvgIpc) is 3.27. The van der Waals surface area contributed by atoms with Crippen molar-refractivity contribution >= 4 is 46.8 Å². The van der Waals surface area contributed by atoms with E-state index < -0.39 is 59.5 Å². The molecule has 1 aromatic heterocycles. The fraction of sp³-hybridized carbons (Fsp3) is 0.577. The first-order valence-electron chi connectivity index (χ1n) is 12.8. The Morgan fingerprint density at radius 3 is 2.51 bits per heavy atom. The highest BCUT2D eigenvalue weighted by molar-refractivity contribution is 7.11. The summed E-state index contributed by atoms with van der Waals surface area (Å²) in [6.45, 7) is 8.58. The molecule has 1 saturated carbocycles. The topological polar surface area (TPSA) is 161 Å². The molecule has 1 saturated heterocycles. The van der Waals surface area contributed by atoms with Gasteiger partial charge in [0.15, 0.2) is 5.78 Å². The van der Waals surface area contributed by atoms with E-state index in [4.69, 9.17) is 9.47 Å². The normalized spacial score (nSPS) is 18.8. The van der Waals surface area contributed by atoms with Crippen LogP contribution in [-0.2, 0) is 23.9 Å². The number of carbonyl (C=O) groups excluding carboxylic acids is 6. The molecular formula is C26H34N4O8S. The van der Waals surface area contributed by atoms with Gasteiger partial charge in [0.1, 0.15) is 11.3 Å². The number of rotatable bonds is 10. The molecule has 2 N–H and O–H groups in total. The number of ether oxygens (including phenoxy) is 2. The maximum absolute atomic E-state index is 12.8. The summed E-state index contributed by atoms with van der Waals surface area (Å²) in [5.74, 6) is -2.84. The Morgan fingerprint density at radius 1 is 1.21 bits per heavy atom. The number of likely N-dealkylation sites (tertiary alicyclic amines) is 1. The molecule has 3 amide bonds. The molecule has 2 fully saturated rings. The molecule has 1 aromatic rings. The van der Waals surface area contributed by atoms with Crippen LogP contribution in [0.1, 0.15) is 87.0 Å². The Balaban J connectivity index is 1.52. The van der Waals surface area contributed by atoms with Gasteiger partial charge in [-0.25, -0.2) is 14.6 Å². The van der Waals surface area contributed by atoms with Crippen LogP contribution < -0.4 is 10.6 Å². The Morgan fingerprint density at radius 2 is 1.90 bits per heavy atom. The second-order valence-corrected chi connectivity index (χ2v) is 11.4. The molecule has 1 aliphatic heterocycles. The third-order valence-corrected chi connectivity index (χ3v) is 6.93. The lowest BCUT2D eigenvalue weighted by Crippen LogP contribution is -2.45. The van der Waals surface area contributed by atoms with Gasteiger partial charge in [-0.3, -0.25) is 24.1 Å². The number of esters is 1. The molecule has 12 nitrogen and oxygen atoms in total. The number of aromatic nitrogens is 1. The van der Waals surface area contributed by atoms with Crippen LogP contribution in [0.3, 0.4) is 0 Å². The van der Waals surface area contributed by atoms with Gasteiger partial charge >= 0.3 is 12.1 Å². The van der Waals surface area contributed by atoms with Crippen molar-refractivity contribution in [1.29, 1.82) is 0 Å². The number of ketones is 2. The monoisotopic (exact) mass is 562 g/mol. The number of hydrogen-bond donors (Lipinski definition) is 2. The lowest BCUT2D eigenvalue weighted by atomic mass is 10.1. The van der Waals surface area contributed by atoms with E-state index in [2.05, 4.69) is 15.6 Å². The molecule has 39 heavy (non-hydrogen) atoms. The van der Waals surface area contributed by atoms with Gasteiger partial charge in [-0.05, 0) is 60.3 Å². The van der Waals surface area contributed by atoms with Crippen LogP contribution >= 0.6 is 11.3 Å². The number of carbonyl (C=O) groups is 6. The van der Waals surface area contributed by atoms with Crippen LogP contribution in [0.4, 0.5) is 4.79 Å². The lowest BCUT2D eigenvalue weighted by molar-refractivity contribution is -0.132. The first-order chi connectivity index (χ1) is 18.2. The zero-order chi connectivity index (χ0) is 29.0. The van der Waals surface area contributed by atoms with Crippen LogP contribution in [0, 0.1) is 0 Å². The van der Waals surface area contributed by atoms with Crippen LogP contribution in [0.25, 0.3) is 0 Å². The highest BCUT2D eigenvalue weighted by atomic mass is 32.1. The van der Waals surface area contributed by atoms with Crippen LogP contribution in [-0.4, -0.2) is 75.7 Å². The maximum atomic E-state index is 12.8. The number of hydrogen-bond acceptors (Lipinski definition) is 10. The van der Waals surface area contributed by atoms with Crippen molar-refractivity contribution in [3.63, 3.8) is 0 Å². The summed E-state index contributed by atoms with van der Waals surface area (Å²) in [5.41, 5.74) is -1.33. The van der Waals surface area contributed by atoms with E-state index in [1.807, 2.05) is 6.92 Å². The molecule has 2 aliphatic rings. The highest BCUT2D eigenvalue weighted by Crippen LogP contribution is 2.37. The number of nitrogens with one attached hydrogen (secondary N) is 2. The second kappa shape index (κ2) is 12.1. The Kier molecular flexibility index (Phi) is 9.26. The SMILES string of the molecule is CCOC(=O)c1nc(C(=O)CNC(=O)CC(=O)C2(NC(=O)/C=C3\CC[C@H](C)N3C(=O)OC(C)(C)C)CC2)cs1. The second-order valence-electron chi connectivity index (χ2n) is 10.5. The summed E-state index contributed by atoms with van der Waals surface area (Å²) in [4.78, 5) is 79.9. The summed E-state index contributed by atoms with van der Waals surface area (Å²) in [7, 11) is 0. The van der Waals surface area contributed by atoms with Crippen molar-refractivity contribution in [2.24, 2.45) is 0 Å². The standard InChI is InChI=1S/C26H34N4O8S/c1-6-37-23(35)22-28-17(14-39-22)18(31)13-27-20(33)12-19(32)26(9-10-26)29-21(34)11-16-8-7-15(2)30(16)24(36)38-25(3,4)5/h11,14-15H,6-10,12-13H2,1-5H3,(H,27,33)(H,29,34)/b16-11+/t15-/m0/s1. The first-order valence-corrected chi connectivity index (χ1v) is 13.6.